The number of hydrogen-bond acceptors (Lipinski definition) is 6. The number of aromatic hydroxyl groups is 1. The number of carbonyl (C=O) groups excluding carboxylic acids is 1. The van der Waals surface area contributed by atoms with Crippen LogP contribution in [0.1, 0.15) is 10.4 Å². The summed E-state index contributed by atoms with van der Waals surface area (Å²) in [5.41, 5.74) is 13.7. The molecule has 116 valence electrons. The van der Waals surface area contributed by atoms with E-state index in [0.717, 1.165) is 0 Å². The van der Waals surface area contributed by atoms with Gasteiger partial charge in [-0.2, -0.15) is 0 Å². The normalized spacial score (nSPS) is 11.1. The van der Waals surface area contributed by atoms with E-state index in [2.05, 4.69) is 5.43 Å². The maximum atomic E-state index is 12.0. The van der Waals surface area contributed by atoms with Gasteiger partial charge in [-0.3, -0.25) is 10.2 Å². The molecular weight excluding hydrogens is 308 g/mol. The summed E-state index contributed by atoms with van der Waals surface area (Å²) in [4.78, 5) is 13.6. The van der Waals surface area contributed by atoms with E-state index in [4.69, 9.17) is 16.6 Å². The number of rotatable bonds is 4. The summed E-state index contributed by atoms with van der Waals surface area (Å²) in [5, 5.41) is 9.13. The zero-order chi connectivity index (χ0) is 16.3. The number of hydrazine groups is 1. The average Bonchev–Trinajstić information content (AvgIpc) is 2.44. The first kappa shape index (κ1) is 15.6. The van der Waals surface area contributed by atoms with Crippen molar-refractivity contribution in [2.45, 2.75) is 4.90 Å². The molecule has 0 aliphatic rings. The van der Waals surface area contributed by atoms with Crippen molar-refractivity contribution in [1.82, 2.24) is 10.3 Å². The molecule has 0 unspecified atom stereocenters. The minimum absolute atomic E-state index is 0.00707. The van der Waals surface area contributed by atoms with E-state index in [9.17, 15) is 13.2 Å². The van der Waals surface area contributed by atoms with Gasteiger partial charge in [0, 0.05) is 16.9 Å². The molecule has 0 saturated carbocycles. The molecule has 0 radical (unpaired) electrons. The zero-order valence-electron chi connectivity index (χ0n) is 11.3. The van der Waals surface area contributed by atoms with Crippen LogP contribution in [-0.2, 0) is 10.0 Å². The predicted octanol–water partition coefficient (Wildman–Crippen LogP) is 0.180. The van der Waals surface area contributed by atoms with E-state index in [1.165, 1.54) is 42.5 Å². The molecule has 1 amide bonds. The van der Waals surface area contributed by atoms with Crippen LogP contribution in [0.4, 0.5) is 11.4 Å². The lowest BCUT2D eigenvalue weighted by Crippen LogP contribution is -2.41. The molecule has 7 N–H and O–H groups in total. The van der Waals surface area contributed by atoms with E-state index in [0.29, 0.717) is 0 Å². The molecule has 0 atom stereocenters. The summed E-state index contributed by atoms with van der Waals surface area (Å²) in [7, 11) is -4.01. The number of phenolic OH excluding ortho intramolecular Hbond substituents is 1. The molecule has 0 bridgehead atoms. The van der Waals surface area contributed by atoms with Crippen LogP contribution >= 0.6 is 0 Å². The Labute approximate surface area is 126 Å². The molecule has 9 heteroatoms. The molecule has 22 heavy (non-hydrogen) atoms. The summed E-state index contributed by atoms with van der Waals surface area (Å²) in [5.74, 6) is -0.687. The van der Waals surface area contributed by atoms with Gasteiger partial charge in [-0.15, -0.1) is 4.83 Å². The number of phenols is 1. The Morgan fingerprint density at radius 2 is 1.55 bits per heavy atom. The topological polar surface area (TPSA) is 148 Å². The molecule has 0 aliphatic heterocycles. The highest BCUT2D eigenvalue weighted by Crippen LogP contribution is 2.17. The SMILES string of the molecule is Nc1cc(N)cc(S(=O)(=O)NNC(=O)c2ccc(O)cc2)c1. The molecular formula is C13H14N4O4S. The van der Waals surface area contributed by atoms with Crippen molar-refractivity contribution in [3.63, 3.8) is 0 Å². The molecule has 2 aromatic carbocycles. The quantitative estimate of drug-likeness (QED) is 0.400. The number of nitrogen functional groups attached to an aromatic ring is 2. The summed E-state index contributed by atoms with van der Waals surface area (Å²) in [6, 6.07) is 9.14. The van der Waals surface area contributed by atoms with Gasteiger partial charge in [0.1, 0.15) is 5.75 Å². The van der Waals surface area contributed by atoms with Gasteiger partial charge in [0.05, 0.1) is 4.90 Å². The number of hydrogen-bond donors (Lipinski definition) is 5. The number of nitrogens with one attached hydrogen (secondary N) is 2. The molecule has 2 aromatic rings. The second-order valence-corrected chi connectivity index (χ2v) is 6.12. The first-order valence-corrected chi connectivity index (χ1v) is 7.53. The Balaban J connectivity index is 2.12. The fraction of sp³-hybridized carbons (Fsp3) is 0. The van der Waals surface area contributed by atoms with Crippen molar-refractivity contribution in [3.8, 4) is 5.75 Å². The lowest BCUT2D eigenvalue weighted by atomic mass is 10.2. The number of benzene rings is 2. The van der Waals surface area contributed by atoms with Crippen LogP contribution in [0.2, 0.25) is 0 Å². The van der Waals surface area contributed by atoms with Gasteiger partial charge in [0.2, 0.25) is 0 Å². The maximum absolute atomic E-state index is 12.0. The van der Waals surface area contributed by atoms with E-state index < -0.39 is 15.9 Å². The van der Waals surface area contributed by atoms with Gasteiger partial charge in [-0.1, -0.05) is 0 Å². The number of nitrogens with two attached hydrogens (primary N) is 2. The number of carbonyl (C=O) groups is 1. The molecule has 0 fully saturated rings. The van der Waals surface area contributed by atoms with E-state index in [1.54, 1.807) is 0 Å². The number of amides is 1. The van der Waals surface area contributed by atoms with Gasteiger partial charge in [0.15, 0.2) is 0 Å². The second-order valence-electron chi connectivity index (χ2n) is 4.44. The van der Waals surface area contributed by atoms with Crippen LogP contribution in [0.15, 0.2) is 47.4 Å². The van der Waals surface area contributed by atoms with Gasteiger partial charge >= 0.3 is 0 Å². The maximum Gasteiger partial charge on any atom is 0.266 e. The largest absolute Gasteiger partial charge is 0.508 e. The van der Waals surface area contributed by atoms with Crippen LogP contribution in [0.5, 0.6) is 5.75 Å². The Morgan fingerprint density at radius 1 is 1.00 bits per heavy atom. The Kier molecular flexibility index (Phi) is 4.20. The number of sulfonamides is 1. The molecule has 0 spiro atoms. The Bertz CT molecular complexity index is 783. The van der Waals surface area contributed by atoms with Crippen LogP contribution in [0.3, 0.4) is 0 Å². The Morgan fingerprint density at radius 3 is 2.09 bits per heavy atom. The van der Waals surface area contributed by atoms with Crippen LogP contribution in [0.25, 0.3) is 0 Å². The highest BCUT2D eigenvalue weighted by molar-refractivity contribution is 7.89. The minimum atomic E-state index is -4.01. The average molecular weight is 322 g/mol. The monoisotopic (exact) mass is 322 g/mol. The molecule has 2 rings (SSSR count). The summed E-state index contributed by atoms with van der Waals surface area (Å²) >= 11 is 0. The third-order valence-electron chi connectivity index (χ3n) is 2.69. The van der Waals surface area contributed by atoms with E-state index >= 15 is 0 Å². The van der Waals surface area contributed by atoms with Crippen LogP contribution < -0.4 is 21.7 Å². The molecule has 0 heterocycles. The van der Waals surface area contributed by atoms with Crippen molar-refractivity contribution in [2.75, 3.05) is 11.5 Å². The number of anilines is 2. The Hall–Kier alpha value is -2.78. The molecule has 0 aromatic heterocycles. The lowest BCUT2D eigenvalue weighted by Gasteiger charge is -2.09. The van der Waals surface area contributed by atoms with Crippen molar-refractivity contribution >= 4 is 27.3 Å². The highest BCUT2D eigenvalue weighted by Gasteiger charge is 2.16. The summed E-state index contributed by atoms with van der Waals surface area (Å²) < 4.78 is 24.1. The first-order valence-electron chi connectivity index (χ1n) is 6.05. The fourth-order valence-corrected chi connectivity index (χ4v) is 2.59. The smallest absolute Gasteiger partial charge is 0.266 e. The standard InChI is InChI=1S/C13H14N4O4S/c14-9-5-10(15)7-12(6-9)22(20,21)17-16-13(19)8-1-3-11(18)4-2-8/h1-7,17-18H,14-15H2,(H,16,19). The van der Waals surface area contributed by atoms with Gasteiger partial charge in [-0.05, 0) is 42.5 Å². The van der Waals surface area contributed by atoms with E-state index in [1.807, 2.05) is 4.83 Å². The third kappa shape index (κ3) is 3.65. The predicted molar refractivity (Wildman–Crippen MR) is 81.2 cm³/mol. The molecule has 0 saturated heterocycles. The van der Waals surface area contributed by atoms with Gasteiger partial charge < -0.3 is 16.6 Å². The van der Waals surface area contributed by atoms with Crippen molar-refractivity contribution in [1.29, 1.82) is 0 Å². The van der Waals surface area contributed by atoms with Crippen LogP contribution in [-0.4, -0.2) is 19.4 Å². The van der Waals surface area contributed by atoms with Crippen molar-refractivity contribution < 1.29 is 18.3 Å². The van der Waals surface area contributed by atoms with Crippen LogP contribution in [0, 0.1) is 0 Å². The fourth-order valence-electron chi connectivity index (χ4n) is 1.66. The van der Waals surface area contributed by atoms with Crippen molar-refractivity contribution in [3.05, 3.63) is 48.0 Å². The lowest BCUT2D eigenvalue weighted by molar-refractivity contribution is 0.0945. The minimum Gasteiger partial charge on any atom is -0.508 e. The highest BCUT2D eigenvalue weighted by atomic mass is 32.2. The zero-order valence-corrected chi connectivity index (χ0v) is 12.1. The van der Waals surface area contributed by atoms with Gasteiger partial charge in [-0.25, -0.2) is 8.42 Å². The summed E-state index contributed by atoms with van der Waals surface area (Å²) in [6.07, 6.45) is 0. The first-order chi connectivity index (χ1) is 10.3. The molecule has 8 nitrogen and oxygen atoms in total. The van der Waals surface area contributed by atoms with Crippen molar-refractivity contribution in [2.24, 2.45) is 0 Å². The van der Waals surface area contributed by atoms with E-state index in [-0.39, 0.29) is 27.6 Å². The molecule has 0 aliphatic carbocycles. The van der Waals surface area contributed by atoms with Gasteiger partial charge in [0.25, 0.3) is 15.9 Å². The second kappa shape index (κ2) is 5.92. The summed E-state index contributed by atoms with van der Waals surface area (Å²) in [6.45, 7) is 0. The third-order valence-corrected chi connectivity index (χ3v) is 3.92.